The molecule has 9 heteroatoms. The van der Waals surface area contributed by atoms with E-state index in [0.29, 0.717) is 5.69 Å². The third-order valence-electron chi connectivity index (χ3n) is 3.64. The number of para-hydroxylation sites is 1. The lowest BCUT2D eigenvalue weighted by Gasteiger charge is -2.12. The van der Waals surface area contributed by atoms with Gasteiger partial charge in [-0.1, -0.05) is 24.3 Å². The summed E-state index contributed by atoms with van der Waals surface area (Å²) in [7, 11) is 3.38. The summed E-state index contributed by atoms with van der Waals surface area (Å²) in [5.41, 5.74) is 1.08. The summed E-state index contributed by atoms with van der Waals surface area (Å²) in [6, 6.07) is 12.6. The first-order valence-electron chi connectivity index (χ1n) is 7.92. The van der Waals surface area contributed by atoms with E-state index in [1.807, 2.05) is 0 Å². The van der Waals surface area contributed by atoms with Crippen molar-refractivity contribution in [1.29, 1.82) is 0 Å². The maximum absolute atomic E-state index is 12.2. The van der Waals surface area contributed by atoms with E-state index in [0.717, 1.165) is 5.56 Å². The molecule has 2 N–H and O–H groups in total. The molecule has 0 aliphatic heterocycles. The van der Waals surface area contributed by atoms with Crippen LogP contribution in [-0.4, -0.2) is 40.8 Å². The van der Waals surface area contributed by atoms with Gasteiger partial charge in [0.15, 0.2) is 5.11 Å². The smallest absolute Gasteiger partial charge is 0.282 e. The van der Waals surface area contributed by atoms with Gasteiger partial charge in [0.2, 0.25) is 5.91 Å². The lowest BCUT2D eigenvalue weighted by atomic mass is 10.1. The number of nitrogens with zero attached hydrogens (tertiary/aromatic N) is 2. The average molecular weight is 386 g/mol. The number of nitrogens with one attached hydrogen (secondary N) is 2. The Labute approximate surface area is 161 Å². The van der Waals surface area contributed by atoms with Crippen LogP contribution >= 0.6 is 12.2 Å². The van der Waals surface area contributed by atoms with Crippen molar-refractivity contribution in [3.8, 4) is 0 Å². The molecule has 0 atom stereocenters. The van der Waals surface area contributed by atoms with Crippen LogP contribution in [0.5, 0.6) is 0 Å². The fourth-order valence-electron chi connectivity index (χ4n) is 2.20. The van der Waals surface area contributed by atoms with Gasteiger partial charge >= 0.3 is 0 Å². The molecule has 0 radical (unpaired) electrons. The van der Waals surface area contributed by atoms with Gasteiger partial charge in [-0.05, 0) is 36.0 Å². The molecule has 140 valence electrons. The Hall–Kier alpha value is -3.33. The minimum absolute atomic E-state index is 0.00951. The second-order valence-electron chi connectivity index (χ2n) is 5.84. The van der Waals surface area contributed by atoms with Crippen molar-refractivity contribution in [2.75, 3.05) is 19.4 Å². The molecule has 2 amide bonds. The van der Waals surface area contributed by atoms with Gasteiger partial charge in [0.25, 0.3) is 11.6 Å². The normalized spacial score (nSPS) is 10.0. The molecule has 27 heavy (non-hydrogen) atoms. The quantitative estimate of drug-likeness (QED) is 0.464. The molecule has 2 aromatic carbocycles. The molecule has 0 fully saturated rings. The molecule has 0 unspecified atom stereocenters. The molecule has 0 aliphatic rings. The number of amides is 2. The first-order valence-corrected chi connectivity index (χ1v) is 8.33. The standard InChI is InChI=1S/C18H18N4O4S/c1-21(2)16(23)11-12-7-9-13(10-8-12)19-18(27)20-17(24)14-5-3-4-6-15(14)22(25)26/h3-10H,11H2,1-2H3,(H2,19,20,24,27). The largest absolute Gasteiger partial charge is 0.349 e. The van der Waals surface area contributed by atoms with Gasteiger partial charge in [-0.15, -0.1) is 0 Å². The molecule has 2 aromatic rings. The molecule has 0 aromatic heterocycles. The van der Waals surface area contributed by atoms with Crippen LogP contribution in [0.4, 0.5) is 11.4 Å². The molecule has 0 saturated heterocycles. The van der Waals surface area contributed by atoms with Crippen molar-refractivity contribution in [3.63, 3.8) is 0 Å². The minimum atomic E-state index is -0.673. The number of nitro benzene ring substituents is 1. The fourth-order valence-corrected chi connectivity index (χ4v) is 2.41. The summed E-state index contributed by atoms with van der Waals surface area (Å²) in [5.74, 6) is -0.684. The Balaban J connectivity index is 1.99. The van der Waals surface area contributed by atoms with Gasteiger partial charge in [0.05, 0.1) is 11.3 Å². The zero-order chi connectivity index (χ0) is 20.0. The number of hydrogen-bond donors (Lipinski definition) is 2. The maximum atomic E-state index is 12.2. The van der Waals surface area contributed by atoms with E-state index in [1.165, 1.54) is 29.2 Å². The number of rotatable bonds is 5. The van der Waals surface area contributed by atoms with Crippen LogP contribution in [0.1, 0.15) is 15.9 Å². The monoisotopic (exact) mass is 386 g/mol. The van der Waals surface area contributed by atoms with Gasteiger partial charge in [-0.25, -0.2) is 0 Å². The topological polar surface area (TPSA) is 105 Å². The van der Waals surface area contributed by atoms with Crippen molar-refractivity contribution in [3.05, 3.63) is 69.8 Å². The number of thiocarbonyl (C=S) groups is 1. The lowest BCUT2D eigenvalue weighted by molar-refractivity contribution is -0.385. The molecule has 8 nitrogen and oxygen atoms in total. The van der Waals surface area contributed by atoms with E-state index in [-0.39, 0.29) is 28.7 Å². The third kappa shape index (κ3) is 5.58. The number of hydrogen-bond acceptors (Lipinski definition) is 5. The predicted octanol–water partition coefficient (Wildman–Crippen LogP) is 2.35. The van der Waals surface area contributed by atoms with Crippen LogP contribution < -0.4 is 10.6 Å². The van der Waals surface area contributed by atoms with E-state index in [2.05, 4.69) is 10.6 Å². The zero-order valence-electron chi connectivity index (χ0n) is 14.8. The summed E-state index contributed by atoms with van der Waals surface area (Å²) in [5, 5.41) is 16.3. The summed E-state index contributed by atoms with van der Waals surface area (Å²) in [6.07, 6.45) is 0.284. The Morgan fingerprint density at radius 1 is 1.11 bits per heavy atom. The van der Waals surface area contributed by atoms with Crippen LogP contribution in [-0.2, 0) is 11.2 Å². The average Bonchev–Trinajstić information content (AvgIpc) is 2.63. The van der Waals surface area contributed by atoms with Crippen molar-refractivity contribution in [2.24, 2.45) is 0 Å². The fraction of sp³-hybridized carbons (Fsp3) is 0.167. The first kappa shape index (κ1) is 20.0. The molecular formula is C18H18N4O4S. The van der Waals surface area contributed by atoms with Crippen molar-refractivity contribution < 1.29 is 14.5 Å². The van der Waals surface area contributed by atoms with Crippen molar-refractivity contribution in [2.45, 2.75) is 6.42 Å². The van der Waals surface area contributed by atoms with E-state index >= 15 is 0 Å². The summed E-state index contributed by atoms with van der Waals surface area (Å²) < 4.78 is 0. The van der Waals surface area contributed by atoms with Crippen LogP contribution in [0.3, 0.4) is 0 Å². The zero-order valence-corrected chi connectivity index (χ0v) is 15.6. The molecule has 0 saturated carbocycles. The van der Waals surface area contributed by atoms with E-state index in [1.54, 1.807) is 38.4 Å². The highest BCUT2D eigenvalue weighted by atomic mass is 32.1. The highest BCUT2D eigenvalue weighted by molar-refractivity contribution is 7.80. The first-order chi connectivity index (χ1) is 12.8. The number of nitro groups is 1. The molecule has 0 aliphatic carbocycles. The Kier molecular flexibility index (Phi) is 6.56. The van der Waals surface area contributed by atoms with Gasteiger partial charge in [-0.3, -0.25) is 25.0 Å². The highest BCUT2D eigenvalue weighted by Crippen LogP contribution is 2.17. The number of likely N-dealkylation sites (N-methyl/N-ethyl adjacent to an activating group) is 1. The lowest BCUT2D eigenvalue weighted by Crippen LogP contribution is -2.34. The molecular weight excluding hydrogens is 368 g/mol. The van der Waals surface area contributed by atoms with Gasteiger partial charge in [0.1, 0.15) is 5.56 Å². The van der Waals surface area contributed by atoms with Crippen molar-refractivity contribution >= 4 is 40.5 Å². The van der Waals surface area contributed by atoms with E-state index in [4.69, 9.17) is 12.2 Å². The van der Waals surface area contributed by atoms with Crippen LogP contribution in [0.25, 0.3) is 0 Å². The minimum Gasteiger partial charge on any atom is -0.349 e. The van der Waals surface area contributed by atoms with Gasteiger partial charge in [0, 0.05) is 25.8 Å². The molecule has 0 spiro atoms. The van der Waals surface area contributed by atoms with Crippen LogP contribution in [0.15, 0.2) is 48.5 Å². The third-order valence-corrected chi connectivity index (χ3v) is 3.84. The second-order valence-corrected chi connectivity index (χ2v) is 6.25. The Bertz CT molecular complexity index is 881. The van der Waals surface area contributed by atoms with Gasteiger partial charge < -0.3 is 10.2 Å². The summed E-state index contributed by atoms with van der Waals surface area (Å²) in [6.45, 7) is 0. The molecule has 0 heterocycles. The maximum Gasteiger partial charge on any atom is 0.282 e. The summed E-state index contributed by atoms with van der Waals surface area (Å²) >= 11 is 5.08. The number of carbonyl (C=O) groups excluding carboxylic acids is 2. The Morgan fingerprint density at radius 2 is 1.74 bits per heavy atom. The predicted molar refractivity (Wildman–Crippen MR) is 106 cm³/mol. The number of benzene rings is 2. The number of carbonyl (C=O) groups is 2. The van der Waals surface area contributed by atoms with E-state index in [9.17, 15) is 19.7 Å². The Morgan fingerprint density at radius 3 is 2.33 bits per heavy atom. The molecule has 0 bridgehead atoms. The van der Waals surface area contributed by atoms with E-state index < -0.39 is 10.8 Å². The summed E-state index contributed by atoms with van der Waals surface area (Å²) in [4.78, 5) is 35.8. The molecule has 2 rings (SSSR count). The van der Waals surface area contributed by atoms with Crippen LogP contribution in [0, 0.1) is 10.1 Å². The van der Waals surface area contributed by atoms with Crippen LogP contribution in [0.2, 0.25) is 0 Å². The second kappa shape index (κ2) is 8.86. The van der Waals surface area contributed by atoms with Crippen molar-refractivity contribution in [1.82, 2.24) is 10.2 Å². The highest BCUT2D eigenvalue weighted by Gasteiger charge is 2.19. The SMILES string of the molecule is CN(C)C(=O)Cc1ccc(NC(=S)NC(=O)c2ccccc2[N+](=O)[O-])cc1. The number of anilines is 1. The van der Waals surface area contributed by atoms with Gasteiger partial charge in [-0.2, -0.15) is 0 Å².